The monoisotopic (exact) mass is 272 g/mol. The Morgan fingerprint density at radius 1 is 1.30 bits per heavy atom. The van der Waals surface area contributed by atoms with Gasteiger partial charge in [-0.1, -0.05) is 25.5 Å². The van der Waals surface area contributed by atoms with Crippen LogP contribution < -0.4 is 0 Å². The van der Waals surface area contributed by atoms with E-state index in [-0.39, 0.29) is 11.5 Å². The highest BCUT2D eigenvalue weighted by Crippen LogP contribution is 2.17. The second-order valence-corrected chi connectivity index (χ2v) is 4.58. The molecule has 0 spiro atoms. The summed E-state index contributed by atoms with van der Waals surface area (Å²) in [5, 5.41) is 10.8. The minimum atomic E-state index is -0.493. The van der Waals surface area contributed by atoms with Crippen LogP contribution in [0.2, 0.25) is 0 Å². The van der Waals surface area contributed by atoms with Crippen LogP contribution >= 0.6 is 0 Å². The number of nitrogens with zero attached hydrogens (tertiary/aromatic N) is 2. The van der Waals surface area contributed by atoms with Crippen LogP contribution in [0.4, 0.5) is 5.69 Å². The molecule has 0 amide bonds. The Hall–Kier alpha value is -2.43. The number of carbonyl (C=O) groups excluding carboxylic acids is 1. The smallest absolute Gasteiger partial charge is 0.270 e. The SMILES string of the molecule is CCCCn1cccc1C(=O)c1cccc([N+](=O)[O-])c1. The number of hydrogen-bond donors (Lipinski definition) is 0. The largest absolute Gasteiger partial charge is 0.345 e. The van der Waals surface area contributed by atoms with Gasteiger partial charge in [0.15, 0.2) is 0 Å². The first-order valence-electron chi connectivity index (χ1n) is 6.57. The molecular weight excluding hydrogens is 256 g/mol. The van der Waals surface area contributed by atoms with Crippen molar-refractivity contribution in [1.82, 2.24) is 4.57 Å². The Balaban J connectivity index is 2.29. The number of unbranched alkanes of at least 4 members (excludes halogenated alkanes) is 1. The average molecular weight is 272 g/mol. The van der Waals surface area contributed by atoms with Gasteiger partial charge in [0, 0.05) is 30.4 Å². The fraction of sp³-hybridized carbons (Fsp3) is 0.267. The number of aryl methyl sites for hydroxylation is 1. The van der Waals surface area contributed by atoms with Gasteiger partial charge in [0.25, 0.3) is 5.69 Å². The van der Waals surface area contributed by atoms with Gasteiger partial charge in [0.2, 0.25) is 5.78 Å². The first-order valence-corrected chi connectivity index (χ1v) is 6.57. The first kappa shape index (κ1) is 14.0. The molecule has 104 valence electrons. The van der Waals surface area contributed by atoms with E-state index >= 15 is 0 Å². The van der Waals surface area contributed by atoms with E-state index in [4.69, 9.17) is 0 Å². The number of nitro groups is 1. The molecule has 1 aromatic carbocycles. The number of rotatable bonds is 6. The summed E-state index contributed by atoms with van der Waals surface area (Å²) in [7, 11) is 0. The van der Waals surface area contributed by atoms with E-state index in [1.165, 1.54) is 18.2 Å². The lowest BCUT2D eigenvalue weighted by Crippen LogP contribution is -2.10. The molecule has 0 aliphatic carbocycles. The summed E-state index contributed by atoms with van der Waals surface area (Å²) >= 11 is 0. The maximum Gasteiger partial charge on any atom is 0.270 e. The van der Waals surface area contributed by atoms with Crippen molar-refractivity contribution in [3.63, 3.8) is 0 Å². The molecule has 0 N–H and O–H groups in total. The van der Waals surface area contributed by atoms with Crippen LogP contribution in [0.25, 0.3) is 0 Å². The summed E-state index contributed by atoms with van der Waals surface area (Å²) in [6.07, 6.45) is 3.90. The molecule has 0 aliphatic rings. The number of carbonyl (C=O) groups is 1. The van der Waals surface area contributed by atoms with Crippen LogP contribution in [0.5, 0.6) is 0 Å². The molecule has 0 fully saturated rings. The molecule has 20 heavy (non-hydrogen) atoms. The Morgan fingerprint density at radius 2 is 2.10 bits per heavy atom. The van der Waals surface area contributed by atoms with Gasteiger partial charge in [0.1, 0.15) is 0 Å². The van der Waals surface area contributed by atoms with Gasteiger partial charge >= 0.3 is 0 Å². The fourth-order valence-corrected chi connectivity index (χ4v) is 2.05. The van der Waals surface area contributed by atoms with Gasteiger partial charge in [-0.25, -0.2) is 0 Å². The molecule has 0 saturated heterocycles. The van der Waals surface area contributed by atoms with Crippen molar-refractivity contribution in [3.8, 4) is 0 Å². The number of aromatic nitrogens is 1. The van der Waals surface area contributed by atoms with E-state index in [2.05, 4.69) is 6.92 Å². The lowest BCUT2D eigenvalue weighted by Gasteiger charge is -2.07. The maximum absolute atomic E-state index is 12.4. The first-order chi connectivity index (χ1) is 9.63. The Morgan fingerprint density at radius 3 is 2.80 bits per heavy atom. The van der Waals surface area contributed by atoms with E-state index in [1.807, 2.05) is 16.8 Å². The van der Waals surface area contributed by atoms with Gasteiger partial charge in [-0.3, -0.25) is 14.9 Å². The average Bonchev–Trinajstić information content (AvgIpc) is 2.92. The maximum atomic E-state index is 12.4. The van der Waals surface area contributed by atoms with E-state index in [0.717, 1.165) is 19.4 Å². The third-order valence-corrected chi connectivity index (χ3v) is 3.13. The third kappa shape index (κ3) is 2.93. The normalized spacial score (nSPS) is 10.4. The van der Waals surface area contributed by atoms with Crippen molar-refractivity contribution in [1.29, 1.82) is 0 Å². The number of hydrogen-bond acceptors (Lipinski definition) is 3. The van der Waals surface area contributed by atoms with E-state index in [1.54, 1.807) is 12.1 Å². The predicted octanol–water partition coefficient (Wildman–Crippen LogP) is 3.43. The molecule has 1 aromatic heterocycles. The lowest BCUT2D eigenvalue weighted by atomic mass is 10.1. The van der Waals surface area contributed by atoms with Crippen molar-refractivity contribution in [2.24, 2.45) is 0 Å². The van der Waals surface area contributed by atoms with Crippen molar-refractivity contribution in [2.75, 3.05) is 0 Å². The molecule has 2 aromatic rings. The zero-order valence-corrected chi connectivity index (χ0v) is 11.3. The van der Waals surface area contributed by atoms with Crippen molar-refractivity contribution in [2.45, 2.75) is 26.3 Å². The molecule has 0 radical (unpaired) electrons. The van der Waals surface area contributed by atoms with Crippen LogP contribution in [0.3, 0.4) is 0 Å². The number of ketones is 1. The molecule has 0 bridgehead atoms. The van der Waals surface area contributed by atoms with Gasteiger partial charge in [-0.15, -0.1) is 0 Å². The topological polar surface area (TPSA) is 65.1 Å². The highest BCUT2D eigenvalue weighted by molar-refractivity contribution is 6.08. The predicted molar refractivity (Wildman–Crippen MR) is 75.9 cm³/mol. The van der Waals surface area contributed by atoms with Gasteiger partial charge < -0.3 is 4.57 Å². The quantitative estimate of drug-likeness (QED) is 0.459. The van der Waals surface area contributed by atoms with Crippen LogP contribution in [0.1, 0.15) is 35.8 Å². The molecule has 0 unspecified atom stereocenters. The second-order valence-electron chi connectivity index (χ2n) is 4.58. The van der Waals surface area contributed by atoms with Crippen LogP contribution in [-0.4, -0.2) is 15.3 Å². The van der Waals surface area contributed by atoms with E-state index < -0.39 is 4.92 Å². The van der Waals surface area contributed by atoms with Crippen molar-refractivity contribution >= 4 is 11.5 Å². The molecule has 0 aliphatic heterocycles. The van der Waals surface area contributed by atoms with Crippen LogP contribution in [-0.2, 0) is 6.54 Å². The molecule has 0 saturated carbocycles. The highest BCUT2D eigenvalue weighted by atomic mass is 16.6. The van der Waals surface area contributed by atoms with Crippen LogP contribution in [0.15, 0.2) is 42.6 Å². The van der Waals surface area contributed by atoms with E-state index in [0.29, 0.717) is 11.3 Å². The summed E-state index contributed by atoms with van der Waals surface area (Å²) in [5.74, 6) is -0.185. The zero-order valence-electron chi connectivity index (χ0n) is 11.3. The second kappa shape index (κ2) is 6.14. The van der Waals surface area contributed by atoms with Gasteiger partial charge in [-0.05, 0) is 18.6 Å². The van der Waals surface area contributed by atoms with Crippen molar-refractivity contribution < 1.29 is 9.72 Å². The zero-order chi connectivity index (χ0) is 14.5. The van der Waals surface area contributed by atoms with Gasteiger partial charge in [-0.2, -0.15) is 0 Å². The van der Waals surface area contributed by atoms with Crippen molar-refractivity contribution in [3.05, 3.63) is 64.0 Å². The summed E-state index contributed by atoms with van der Waals surface area (Å²) < 4.78 is 1.89. The van der Waals surface area contributed by atoms with Crippen LogP contribution in [0, 0.1) is 10.1 Å². The minimum Gasteiger partial charge on any atom is -0.345 e. The molecule has 5 nitrogen and oxygen atoms in total. The van der Waals surface area contributed by atoms with Gasteiger partial charge in [0.05, 0.1) is 10.6 Å². The Kier molecular flexibility index (Phi) is 4.30. The molecule has 5 heteroatoms. The fourth-order valence-electron chi connectivity index (χ4n) is 2.05. The van der Waals surface area contributed by atoms with E-state index in [9.17, 15) is 14.9 Å². The standard InChI is InChI=1S/C15H16N2O3/c1-2-3-9-16-10-5-8-14(16)15(18)12-6-4-7-13(11-12)17(19)20/h4-8,10-11H,2-3,9H2,1H3. The number of non-ortho nitro benzene ring substituents is 1. The summed E-state index contributed by atoms with van der Waals surface area (Å²) in [5.41, 5.74) is 0.845. The summed E-state index contributed by atoms with van der Waals surface area (Å²) in [4.78, 5) is 22.7. The minimum absolute atomic E-state index is 0.0671. The highest BCUT2D eigenvalue weighted by Gasteiger charge is 2.16. The number of benzene rings is 1. The Labute approximate surface area is 117 Å². The lowest BCUT2D eigenvalue weighted by molar-refractivity contribution is -0.384. The third-order valence-electron chi connectivity index (χ3n) is 3.13. The summed E-state index contributed by atoms with van der Waals surface area (Å²) in [6, 6.07) is 9.40. The number of nitro benzene ring substituents is 1. The molecule has 1 heterocycles. The molecule has 0 atom stereocenters. The molecular formula is C15H16N2O3. The molecule has 2 rings (SSSR count). The summed E-state index contributed by atoms with van der Waals surface area (Å²) in [6.45, 7) is 2.87. The Bertz CT molecular complexity index is 632.